The Balaban J connectivity index is 1.77. The molecule has 1 amide bonds. The van der Waals surface area contributed by atoms with Gasteiger partial charge in [-0.2, -0.15) is 10.2 Å². The number of hydrogen-bond acceptors (Lipinski definition) is 4. The molecule has 4 heterocycles. The van der Waals surface area contributed by atoms with E-state index in [9.17, 15) is 4.79 Å². The Bertz CT molecular complexity index is 970. The van der Waals surface area contributed by atoms with Gasteiger partial charge in [-0.1, -0.05) is 0 Å². The summed E-state index contributed by atoms with van der Waals surface area (Å²) in [4.78, 5) is 19.7. The van der Waals surface area contributed by atoms with E-state index in [-0.39, 0.29) is 11.9 Å². The highest BCUT2D eigenvalue weighted by molar-refractivity contribution is 6.01. The lowest BCUT2D eigenvalue weighted by atomic mass is 10.0. The Labute approximate surface area is 146 Å². The molecule has 0 aromatic carbocycles. The summed E-state index contributed by atoms with van der Waals surface area (Å²) < 4.78 is 3.57. The monoisotopic (exact) mass is 338 g/mol. The largest absolute Gasteiger partial charge is 0.331 e. The van der Waals surface area contributed by atoms with Crippen molar-refractivity contribution < 1.29 is 4.79 Å². The van der Waals surface area contributed by atoms with Gasteiger partial charge in [0.05, 0.1) is 17.4 Å². The molecule has 0 aliphatic carbocycles. The van der Waals surface area contributed by atoms with Gasteiger partial charge in [0.1, 0.15) is 5.56 Å². The van der Waals surface area contributed by atoms with Gasteiger partial charge in [0, 0.05) is 37.2 Å². The number of aryl methyl sites for hydroxylation is 3. The van der Waals surface area contributed by atoms with Crippen LogP contribution in [0.15, 0.2) is 18.5 Å². The van der Waals surface area contributed by atoms with E-state index in [4.69, 9.17) is 0 Å². The molecule has 7 nitrogen and oxygen atoms in total. The number of hydrogen-bond donors (Lipinski definition) is 0. The third-order valence-electron chi connectivity index (χ3n) is 5.20. The van der Waals surface area contributed by atoms with E-state index in [0.29, 0.717) is 16.9 Å². The first-order valence-electron chi connectivity index (χ1n) is 8.60. The van der Waals surface area contributed by atoms with Gasteiger partial charge in [0.25, 0.3) is 5.91 Å². The zero-order valence-electron chi connectivity index (χ0n) is 15.0. The molecule has 1 aliphatic heterocycles. The lowest BCUT2D eigenvalue weighted by molar-refractivity contribution is 0.0736. The highest BCUT2D eigenvalue weighted by Gasteiger charge is 2.35. The summed E-state index contributed by atoms with van der Waals surface area (Å²) in [6.45, 7) is 6.71. The van der Waals surface area contributed by atoms with Crippen LogP contribution in [0.25, 0.3) is 5.65 Å². The van der Waals surface area contributed by atoms with Crippen molar-refractivity contribution in [1.82, 2.24) is 29.3 Å². The summed E-state index contributed by atoms with van der Waals surface area (Å²) in [7, 11) is 1.95. The molecule has 3 aromatic heterocycles. The summed E-state index contributed by atoms with van der Waals surface area (Å²) >= 11 is 0. The highest BCUT2D eigenvalue weighted by atomic mass is 16.2. The molecule has 1 atom stereocenters. The minimum atomic E-state index is 0.0105. The van der Waals surface area contributed by atoms with Gasteiger partial charge < -0.3 is 4.90 Å². The maximum absolute atomic E-state index is 13.4. The molecule has 3 aromatic rings. The predicted molar refractivity (Wildman–Crippen MR) is 93.4 cm³/mol. The fraction of sp³-hybridized carbons (Fsp3) is 0.444. The van der Waals surface area contributed by atoms with Crippen LogP contribution >= 0.6 is 0 Å². The Morgan fingerprint density at radius 2 is 2.00 bits per heavy atom. The lowest BCUT2D eigenvalue weighted by Gasteiger charge is -2.25. The molecule has 0 saturated carbocycles. The molecule has 7 heteroatoms. The number of carbonyl (C=O) groups is 1. The van der Waals surface area contributed by atoms with E-state index in [0.717, 1.165) is 30.8 Å². The first kappa shape index (κ1) is 15.8. The topological polar surface area (TPSA) is 68.3 Å². The van der Waals surface area contributed by atoms with Crippen LogP contribution in [0.1, 0.15) is 51.9 Å². The zero-order valence-corrected chi connectivity index (χ0v) is 15.0. The number of rotatable bonds is 2. The predicted octanol–water partition coefficient (Wildman–Crippen LogP) is 2.37. The first-order valence-corrected chi connectivity index (χ1v) is 8.60. The molecule has 0 radical (unpaired) electrons. The summed E-state index contributed by atoms with van der Waals surface area (Å²) in [6.07, 6.45) is 5.48. The number of fused-ring (bicyclic) bond motifs is 1. The molecule has 0 N–H and O–H groups in total. The summed E-state index contributed by atoms with van der Waals surface area (Å²) in [6, 6.07) is 1.88. The van der Waals surface area contributed by atoms with Crippen LogP contribution in [0.2, 0.25) is 0 Å². The molecule has 1 aliphatic rings. The Hall–Kier alpha value is -2.70. The third kappa shape index (κ3) is 2.33. The second kappa shape index (κ2) is 5.68. The lowest BCUT2D eigenvalue weighted by Crippen LogP contribution is -2.31. The summed E-state index contributed by atoms with van der Waals surface area (Å²) in [5.41, 5.74) is 5.24. The average molecular weight is 338 g/mol. The second-order valence-electron chi connectivity index (χ2n) is 6.71. The Morgan fingerprint density at radius 3 is 2.72 bits per heavy atom. The van der Waals surface area contributed by atoms with Crippen molar-refractivity contribution in [3.8, 4) is 0 Å². The number of carbonyl (C=O) groups excluding carboxylic acids is 1. The molecule has 4 rings (SSSR count). The summed E-state index contributed by atoms with van der Waals surface area (Å²) in [5, 5.41) is 8.96. The standard InChI is InChI=1S/C18H22N6O/c1-11-15(13(3)22(4)20-11)14-7-5-9-23(14)18(25)16-12(2)21-24-10-6-8-19-17(16)24/h6,8,10,14H,5,7,9H2,1-4H3/t14-/m1/s1. The molecule has 130 valence electrons. The van der Waals surface area contributed by atoms with Crippen molar-refractivity contribution >= 4 is 11.6 Å². The van der Waals surface area contributed by atoms with Crippen molar-refractivity contribution in [2.24, 2.45) is 7.05 Å². The third-order valence-corrected chi connectivity index (χ3v) is 5.20. The minimum Gasteiger partial charge on any atom is -0.331 e. The van der Waals surface area contributed by atoms with Crippen LogP contribution in [-0.2, 0) is 7.05 Å². The molecule has 0 unspecified atom stereocenters. The smallest absolute Gasteiger partial charge is 0.260 e. The van der Waals surface area contributed by atoms with Crippen molar-refractivity contribution in [2.45, 2.75) is 39.7 Å². The maximum atomic E-state index is 13.4. The van der Waals surface area contributed by atoms with Crippen LogP contribution in [0.4, 0.5) is 0 Å². The van der Waals surface area contributed by atoms with E-state index in [1.807, 2.05) is 42.7 Å². The van der Waals surface area contributed by atoms with E-state index in [1.54, 1.807) is 10.7 Å². The number of aromatic nitrogens is 5. The van der Waals surface area contributed by atoms with Crippen LogP contribution in [0.5, 0.6) is 0 Å². The molecular formula is C18H22N6O. The van der Waals surface area contributed by atoms with Crippen molar-refractivity contribution in [3.05, 3.63) is 46.7 Å². The van der Waals surface area contributed by atoms with Gasteiger partial charge >= 0.3 is 0 Å². The Morgan fingerprint density at radius 1 is 1.20 bits per heavy atom. The van der Waals surface area contributed by atoms with E-state index in [2.05, 4.69) is 22.1 Å². The van der Waals surface area contributed by atoms with E-state index >= 15 is 0 Å². The van der Waals surface area contributed by atoms with Gasteiger partial charge in [-0.15, -0.1) is 0 Å². The fourth-order valence-corrected chi connectivity index (χ4v) is 3.97. The normalized spacial score (nSPS) is 17.6. The highest BCUT2D eigenvalue weighted by Crippen LogP contribution is 2.36. The van der Waals surface area contributed by atoms with Crippen LogP contribution in [0.3, 0.4) is 0 Å². The summed E-state index contributed by atoms with van der Waals surface area (Å²) in [5.74, 6) is 0.0105. The number of likely N-dealkylation sites (tertiary alicyclic amines) is 1. The number of amides is 1. The van der Waals surface area contributed by atoms with Crippen LogP contribution < -0.4 is 0 Å². The SMILES string of the molecule is Cc1nn(C)c(C)c1[C@H]1CCCN1C(=O)c1c(C)nn2cccnc12. The van der Waals surface area contributed by atoms with Gasteiger partial charge in [-0.25, -0.2) is 9.50 Å². The van der Waals surface area contributed by atoms with Crippen LogP contribution in [-0.4, -0.2) is 41.7 Å². The van der Waals surface area contributed by atoms with Crippen molar-refractivity contribution in [1.29, 1.82) is 0 Å². The van der Waals surface area contributed by atoms with Crippen LogP contribution in [0, 0.1) is 20.8 Å². The van der Waals surface area contributed by atoms with Crippen molar-refractivity contribution in [3.63, 3.8) is 0 Å². The van der Waals surface area contributed by atoms with Crippen molar-refractivity contribution in [2.75, 3.05) is 6.54 Å². The molecular weight excluding hydrogens is 316 g/mol. The van der Waals surface area contributed by atoms with E-state index < -0.39 is 0 Å². The maximum Gasteiger partial charge on any atom is 0.260 e. The van der Waals surface area contributed by atoms with Gasteiger partial charge in [0.2, 0.25) is 0 Å². The van der Waals surface area contributed by atoms with Gasteiger partial charge in [-0.05, 0) is 39.7 Å². The minimum absolute atomic E-state index is 0.0105. The van der Waals surface area contributed by atoms with E-state index in [1.165, 1.54) is 5.56 Å². The first-order chi connectivity index (χ1) is 12.0. The number of nitrogens with zero attached hydrogens (tertiary/aromatic N) is 6. The molecule has 0 bridgehead atoms. The average Bonchev–Trinajstić information content (AvgIpc) is 3.23. The molecule has 1 fully saturated rings. The quantitative estimate of drug-likeness (QED) is 0.719. The molecule has 0 spiro atoms. The molecule has 1 saturated heterocycles. The fourth-order valence-electron chi connectivity index (χ4n) is 3.97. The Kier molecular flexibility index (Phi) is 3.59. The second-order valence-corrected chi connectivity index (χ2v) is 6.71. The van der Waals surface area contributed by atoms with Gasteiger partial charge in [-0.3, -0.25) is 9.48 Å². The molecule has 25 heavy (non-hydrogen) atoms. The van der Waals surface area contributed by atoms with Gasteiger partial charge in [0.15, 0.2) is 5.65 Å². The zero-order chi connectivity index (χ0) is 17.7.